The first kappa shape index (κ1) is 16.8. The molecule has 3 N–H and O–H groups in total. The lowest BCUT2D eigenvalue weighted by Crippen LogP contribution is -2.22. The highest BCUT2D eigenvalue weighted by Crippen LogP contribution is 2.20. The molecule has 0 aliphatic heterocycles. The van der Waals surface area contributed by atoms with Crippen molar-refractivity contribution in [2.75, 3.05) is 5.32 Å². The summed E-state index contributed by atoms with van der Waals surface area (Å²) in [6, 6.07) is 6.92. The predicted octanol–water partition coefficient (Wildman–Crippen LogP) is 2.76. The third-order valence-corrected chi connectivity index (χ3v) is 3.39. The molecule has 0 radical (unpaired) electrons. The normalized spacial score (nSPS) is 11.3. The van der Waals surface area contributed by atoms with Crippen LogP contribution in [0.4, 0.5) is 5.69 Å². The van der Waals surface area contributed by atoms with Crippen molar-refractivity contribution >= 4 is 29.0 Å². The molecule has 0 aliphatic carbocycles. The maximum Gasteiger partial charge on any atom is 0.232 e. The number of aromatic nitrogens is 1. The molecule has 1 amide bonds. The lowest BCUT2D eigenvalue weighted by atomic mass is 10.2. The number of rotatable bonds is 6. The Morgan fingerprint density at radius 3 is 2.83 bits per heavy atom. The SMILES string of the molecule is Cc1noc(C)c1CON=C(N)CC(=O)Nc1ccccc1Cl. The van der Waals surface area contributed by atoms with Crippen LogP contribution in [-0.2, 0) is 16.2 Å². The fourth-order valence-electron chi connectivity index (χ4n) is 1.84. The Bertz CT molecular complexity index is 708. The Kier molecular flexibility index (Phi) is 5.59. The van der Waals surface area contributed by atoms with Crippen LogP contribution in [0.3, 0.4) is 0 Å². The van der Waals surface area contributed by atoms with Crippen LogP contribution in [0.5, 0.6) is 0 Å². The Balaban J connectivity index is 1.85. The molecule has 0 fully saturated rings. The molecular formula is C15H17ClN4O3. The zero-order valence-electron chi connectivity index (χ0n) is 12.8. The van der Waals surface area contributed by atoms with Crippen LogP contribution in [0.1, 0.15) is 23.4 Å². The molecule has 0 spiro atoms. The minimum absolute atomic E-state index is 0.0568. The Morgan fingerprint density at radius 1 is 1.43 bits per heavy atom. The fourth-order valence-corrected chi connectivity index (χ4v) is 2.02. The monoisotopic (exact) mass is 336 g/mol. The Morgan fingerprint density at radius 2 is 2.17 bits per heavy atom. The average Bonchev–Trinajstić information content (AvgIpc) is 2.81. The Labute approximate surface area is 138 Å². The minimum atomic E-state index is -0.333. The van der Waals surface area contributed by atoms with E-state index >= 15 is 0 Å². The van der Waals surface area contributed by atoms with Crippen LogP contribution in [0, 0.1) is 13.8 Å². The van der Waals surface area contributed by atoms with E-state index in [1.165, 1.54) is 0 Å². The first-order valence-electron chi connectivity index (χ1n) is 6.87. The maximum absolute atomic E-state index is 11.9. The van der Waals surface area contributed by atoms with Gasteiger partial charge in [-0.25, -0.2) is 0 Å². The van der Waals surface area contributed by atoms with Gasteiger partial charge in [-0.2, -0.15) is 0 Å². The van der Waals surface area contributed by atoms with Gasteiger partial charge < -0.3 is 20.4 Å². The van der Waals surface area contributed by atoms with E-state index in [4.69, 9.17) is 26.7 Å². The van der Waals surface area contributed by atoms with Crippen LogP contribution in [-0.4, -0.2) is 16.9 Å². The van der Waals surface area contributed by atoms with E-state index in [0.29, 0.717) is 16.5 Å². The summed E-state index contributed by atoms with van der Waals surface area (Å²) < 4.78 is 5.01. The highest BCUT2D eigenvalue weighted by atomic mass is 35.5. The molecule has 0 saturated heterocycles. The zero-order chi connectivity index (χ0) is 16.8. The lowest BCUT2D eigenvalue weighted by molar-refractivity contribution is -0.115. The number of benzene rings is 1. The number of amides is 1. The molecule has 1 aromatic carbocycles. The van der Waals surface area contributed by atoms with Crippen molar-refractivity contribution in [2.24, 2.45) is 10.9 Å². The van der Waals surface area contributed by atoms with Gasteiger partial charge in [0.1, 0.15) is 18.2 Å². The van der Waals surface area contributed by atoms with Gasteiger partial charge in [0.05, 0.1) is 28.4 Å². The van der Waals surface area contributed by atoms with Crippen molar-refractivity contribution in [2.45, 2.75) is 26.9 Å². The zero-order valence-corrected chi connectivity index (χ0v) is 13.6. The topological polar surface area (TPSA) is 103 Å². The van der Waals surface area contributed by atoms with Crippen molar-refractivity contribution in [1.82, 2.24) is 5.16 Å². The number of amidine groups is 1. The molecule has 0 atom stereocenters. The van der Waals surface area contributed by atoms with Crippen LogP contribution < -0.4 is 11.1 Å². The predicted molar refractivity (Wildman–Crippen MR) is 87.1 cm³/mol. The summed E-state index contributed by atoms with van der Waals surface area (Å²) in [4.78, 5) is 17.0. The van der Waals surface area contributed by atoms with Crippen molar-refractivity contribution < 1.29 is 14.2 Å². The maximum atomic E-state index is 11.9. The van der Waals surface area contributed by atoms with Gasteiger partial charge in [-0.3, -0.25) is 4.79 Å². The second kappa shape index (κ2) is 7.64. The first-order chi connectivity index (χ1) is 11.0. The van der Waals surface area contributed by atoms with Gasteiger partial charge >= 0.3 is 0 Å². The second-order valence-electron chi connectivity index (χ2n) is 4.86. The highest BCUT2D eigenvalue weighted by Gasteiger charge is 2.10. The third-order valence-electron chi connectivity index (χ3n) is 3.06. The molecular weight excluding hydrogens is 320 g/mol. The van der Waals surface area contributed by atoms with Crippen LogP contribution >= 0.6 is 11.6 Å². The summed E-state index contributed by atoms with van der Waals surface area (Å²) in [6.45, 7) is 3.76. The molecule has 2 rings (SSSR count). The summed E-state index contributed by atoms with van der Waals surface area (Å²) in [7, 11) is 0. The van der Waals surface area contributed by atoms with Gasteiger partial charge in [0, 0.05) is 0 Å². The summed E-state index contributed by atoms with van der Waals surface area (Å²) in [5, 5.41) is 10.6. The number of nitrogens with two attached hydrogens (primary N) is 1. The number of aryl methyl sites for hydroxylation is 2. The smallest absolute Gasteiger partial charge is 0.232 e. The van der Waals surface area contributed by atoms with Crippen molar-refractivity contribution in [3.05, 3.63) is 46.3 Å². The molecule has 2 aromatic rings. The highest BCUT2D eigenvalue weighted by molar-refractivity contribution is 6.33. The van der Waals surface area contributed by atoms with Gasteiger partial charge in [0.15, 0.2) is 0 Å². The molecule has 23 heavy (non-hydrogen) atoms. The number of hydrogen-bond acceptors (Lipinski definition) is 5. The molecule has 8 heteroatoms. The second-order valence-corrected chi connectivity index (χ2v) is 5.27. The van der Waals surface area contributed by atoms with Gasteiger partial charge in [-0.15, -0.1) is 0 Å². The quantitative estimate of drug-likeness (QED) is 0.479. The van der Waals surface area contributed by atoms with Crippen LogP contribution in [0.2, 0.25) is 5.02 Å². The number of para-hydroxylation sites is 1. The van der Waals surface area contributed by atoms with E-state index in [2.05, 4.69) is 15.6 Å². The van der Waals surface area contributed by atoms with E-state index in [1.54, 1.807) is 38.1 Å². The van der Waals surface area contributed by atoms with Crippen LogP contribution in [0.25, 0.3) is 0 Å². The molecule has 1 heterocycles. The number of hydrogen-bond donors (Lipinski definition) is 2. The van der Waals surface area contributed by atoms with E-state index in [9.17, 15) is 4.79 Å². The van der Waals surface area contributed by atoms with Crippen molar-refractivity contribution in [3.8, 4) is 0 Å². The number of carbonyl (C=O) groups is 1. The van der Waals surface area contributed by atoms with Crippen LogP contribution in [0.15, 0.2) is 33.9 Å². The van der Waals surface area contributed by atoms with Gasteiger partial charge in [-0.1, -0.05) is 34.0 Å². The molecule has 122 valence electrons. The standard InChI is InChI=1S/C15H17ClN4O3/c1-9-11(10(2)23-19-9)8-22-20-14(17)7-15(21)18-13-6-4-3-5-12(13)16/h3-6H,7-8H2,1-2H3,(H2,17,20)(H,18,21). The van der Waals surface area contributed by atoms with E-state index in [1.807, 2.05) is 0 Å². The van der Waals surface area contributed by atoms with Gasteiger partial charge in [-0.05, 0) is 26.0 Å². The minimum Gasteiger partial charge on any atom is -0.389 e. The number of nitrogens with one attached hydrogen (secondary N) is 1. The number of nitrogens with zero attached hydrogens (tertiary/aromatic N) is 2. The molecule has 0 unspecified atom stereocenters. The molecule has 0 saturated carbocycles. The number of oxime groups is 1. The van der Waals surface area contributed by atoms with Crippen molar-refractivity contribution in [3.63, 3.8) is 0 Å². The third kappa shape index (κ3) is 4.72. The fraction of sp³-hybridized carbons (Fsp3) is 0.267. The van der Waals surface area contributed by atoms with Gasteiger partial charge in [0.2, 0.25) is 5.91 Å². The first-order valence-corrected chi connectivity index (χ1v) is 7.25. The van der Waals surface area contributed by atoms with Crippen molar-refractivity contribution in [1.29, 1.82) is 0 Å². The summed E-state index contributed by atoms with van der Waals surface area (Å²) >= 11 is 5.96. The van der Waals surface area contributed by atoms with E-state index < -0.39 is 0 Å². The summed E-state index contributed by atoms with van der Waals surface area (Å²) in [5.41, 5.74) is 7.73. The molecule has 0 bridgehead atoms. The average molecular weight is 337 g/mol. The molecule has 7 nitrogen and oxygen atoms in total. The largest absolute Gasteiger partial charge is 0.389 e. The van der Waals surface area contributed by atoms with Gasteiger partial charge in [0.25, 0.3) is 0 Å². The summed E-state index contributed by atoms with van der Waals surface area (Å²) in [5.74, 6) is 0.384. The Hall–Kier alpha value is -2.54. The number of anilines is 1. The lowest BCUT2D eigenvalue weighted by Gasteiger charge is -2.06. The summed E-state index contributed by atoms with van der Waals surface area (Å²) in [6.07, 6.45) is -0.104. The van der Waals surface area contributed by atoms with E-state index in [0.717, 1.165) is 11.3 Å². The van der Waals surface area contributed by atoms with E-state index in [-0.39, 0.29) is 24.8 Å². The number of carbonyl (C=O) groups excluding carboxylic acids is 1. The molecule has 1 aromatic heterocycles. The number of halogens is 1. The molecule has 0 aliphatic rings.